The molecule has 2 heterocycles. The third-order valence-corrected chi connectivity index (χ3v) is 4.55. The molecule has 0 saturated carbocycles. The van der Waals surface area contributed by atoms with Crippen LogP contribution in [0, 0.1) is 0 Å². The maximum Gasteiger partial charge on any atom is 0.234 e. The summed E-state index contributed by atoms with van der Waals surface area (Å²) in [6.07, 6.45) is 4.71. The van der Waals surface area contributed by atoms with E-state index in [0.29, 0.717) is 18.6 Å². The summed E-state index contributed by atoms with van der Waals surface area (Å²) in [7, 11) is 0. The maximum absolute atomic E-state index is 12.1. The number of nitrogens with zero attached hydrogens (tertiary/aromatic N) is 1. The first kappa shape index (κ1) is 13.8. The van der Waals surface area contributed by atoms with Gasteiger partial charge in [0.05, 0.1) is 12.6 Å². The second-order valence-electron chi connectivity index (χ2n) is 6.47. The summed E-state index contributed by atoms with van der Waals surface area (Å²) in [6.45, 7) is 6.69. The Morgan fingerprint density at radius 2 is 1.89 bits per heavy atom. The van der Waals surface area contributed by atoms with Crippen LogP contribution >= 0.6 is 0 Å². The number of aliphatic hydroxyl groups is 1. The zero-order chi connectivity index (χ0) is 13.3. The molecule has 0 radical (unpaired) electrons. The molecule has 4 heteroatoms. The van der Waals surface area contributed by atoms with Gasteiger partial charge in [0.1, 0.15) is 0 Å². The Balaban J connectivity index is 1.89. The molecule has 0 aromatic rings. The van der Waals surface area contributed by atoms with E-state index >= 15 is 0 Å². The second-order valence-corrected chi connectivity index (χ2v) is 6.47. The lowest BCUT2D eigenvalue weighted by Gasteiger charge is -2.37. The van der Waals surface area contributed by atoms with Gasteiger partial charge >= 0.3 is 0 Å². The molecule has 2 bridgehead atoms. The van der Waals surface area contributed by atoms with Gasteiger partial charge in [-0.25, -0.2) is 0 Å². The van der Waals surface area contributed by atoms with E-state index in [1.807, 2.05) is 0 Å². The highest BCUT2D eigenvalue weighted by Gasteiger charge is 2.40. The SMILES string of the molecule is CCC(C)(C)NC(=O)CN1C2CCC1CC(O)C2. The van der Waals surface area contributed by atoms with Crippen molar-refractivity contribution < 1.29 is 9.90 Å². The number of carbonyl (C=O) groups is 1. The molecule has 0 aliphatic carbocycles. The minimum absolute atomic E-state index is 0.120. The van der Waals surface area contributed by atoms with Crippen molar-refractivity contribution in [1.82, 2.24) is 10.2 Å². The molecule has 0 aromatic heterocycles. The van der Waals surface area contributed by atoms with Crippen LogP contribution in [0.25, 0.3) is 0 Å². The third kappa shape index (κ3) is 3.04. The summed E-state index contributed by atoms with van der Waals surface area (Å²) < 4.78 is 0. The molecule has 2 saturated heterocycles. The molecule has 0 spiro atoms. The van der Waals surface area contributed by atoms with E-state index in [1.165, 1.54) is 0 Å². The normalized spacial score (nSPS) is 32.6. The van der Waals surface area contributed by atoms with Crippen molar-refractivity contribution in [2.45, 2.75) is 76.6 Å². The molecule has 2 rings (SSSR count). The number of aliphatic hydroxyl groups excluding tert-OH is 1. The Bertz CT molecular complexity index is 303. The van der Waals surface area contributed by atoms with Crippen LogP contribution in [0.1, 0.15) is 52.9 Å². The number of fused-ring (bicyclic) bond motifs is 2. The van der Waals surface area contributed by atoms with E-state index in [2.05, 4.69) is 31.0 Å². The minimum atomic E-state index is -0.158. The Kier molecular flexibility index (Phi) is 3.97. The van der Waals surface area contributed by atoms with Crippen LogP contribution in [-0.2, 0) is 4.79 Å². The molecule has 4 nitrogen and oxygen atoms in total. The van der Waals surface area contributed by atoms with Gasteiger partial charge in [0, 0.05) is 17.6 Å². The van der Waals surface area contributed by atoms with Crippen molar-refractivity contribution in [2.75, 3.05) is 6.54 Å². The minimum Gasteiger partial charge on any atom is -0.393 e. The summed E-state index contributed by atoms with van der Waals surface area (Å²) >= 11 is 0. The maximum atomic E-state index is 12.1. The molecule has 104 valence electrons. The van der Waals surface area contributed by atoms with Gasteiger partial charge < -0.3 is 10.4 Å². The quantitative estimate of drug-likeness (QED) is 0.794. The van der Waals surface area contributed by atoms with Gasteiger partial charge in [0.25, 0.3) is 0 Å². The first-order valence-electron chi connectivity index (χ1n) is 7.16. The fraction of sp³-hybridized carbons (Fsp3) is 0.929. The molecule has 1 amide bonds. The lowest BCUT2D eigenvalue weighted by Crippen LogP contribution is -2.52. The van der Waals surface area contributed by atoms with Crippen LogP contribution in [0.4, 0.5) is 0 Å². The van der Waals surface area contributed by atoms with Crippen LogP contribution in [0.3, 0.4) is 0 Å². The van der Waals surface area contributed by atoms with Crippen molar-refractivity contribution in [3.8, 4) is 0 Å². The lowest BCUT2D eigenvalue weighted by molar-refractivity contribution is -0.125. The van der Waals surface area contributed by atoms with Gasteiger partial charge in [-0.05, 0) is 46.0 Å². The van der Waals surface area contributed by atoms with Gasteiger partial charge in [-0.3, -0.25) is 9.69 Å². The van der Waals surface area contributed by atoms with Gasteiger partial charge in [-0.15, -0.1) is 0 Å². The van der Waals surface area contributed by atoms with Crippen LogP contribution < -0.4 is 5.32 Å². The Morgan fingerprint density at radius 3 is 2.39 bits per heavy atom. The van der Waals surface area contributed by atoms with Crippen LogP contribution in [0.15, 0.2) is 0 Å². The molecule has 2 unspecified atom stereocenters. The van der Waals surface area contributed by atoms with Crippen molar-refractivity contribution in [3.05, 3.63) is 0 Å². The van der Waals surface area contributed by atoms with Crippen LogP contribution in [0.5, 0.6) is 0 Å². The number of hydrogen-bond acceptors (Lipinski definition) is 3. The highest BCUT2D eigenvalue weighted by atomic mass is 16.3. The summed E-state index contributed by atoms with van der Waals surface area (Å²) in [6, 6.07) is 0.823. The Labute approximate surface area is 110 Å². The number of piperidine rings is 1. The summed E-state index contributed by atoms with van der Waals surface area (Å²) in [5.41, 5.74) is -0.120. The highest BCUT2D eigenvalue weighted by molar-refractivity contribution is 5.78. The molecule has 2 N–H and O–H groups in total. The number of hydrogen-bond donors (Lipinski definition) is 2. The smallest absolute Gasteiger partial charge is 0.234 e. The van der Waals surface area contributed by atoms with Crippen molar-refractivity contribution >= 4 is 5.91 Å². The van der Waals surface area contributed by atoms with E-state index < -0.39 is 0 Å². The lowest BCUT2D eigenvalue weighted by atomic mass is 9.99. The molecule has 2 aliphatic rings. The summed E-state index contributed by atoms with van der Waals surface area (Å²) in [5, 5.41) is 12.8. The first-order valence-corrected chi connectivity index (χ1v) is 7.16. The highest BCUT2D eigenvalue weighted by Crippen LogP contribution is 2.35. The molecular formula is C14H26N2O2. The van der Waals surface area contributed by atoms with Gasteiger partial charge in [-0.2, -0.15) is 0 Å². The van der Waals surface area contributed by atoms with Gasteiger partial charge in [0.2, 0.25) is 5.91 Å². The molecule has 2 aliphatic heterocycles. The number of amides is 1. The first-order chi connectivity index (χ1) is 8.41. The predicted octanol–water partition coefficient (Wildman–Crippen LogP) is 1.28. The predicted molar refractivity (Wildman–Crippen MR) is 71.3 cm³/mol. The van der Waals surface area contributed by atoms with Gasteiger partial charge in [-0.1, -0.05) is 6.92 Å². The molecule has 18 heavy (non-hydrogen) atoms. The Morgan fingerprint density at radius 1 is 1.33 bits per heavy atom. The largest absolute Gasteiger partial charge is 0.393 e. The fourth-order valence-corrected chi connectivity index (χ4v) is 3.17. The van der Waals surface area contributed by atoms with E-state index in [9.17, 15) is 9.90 Å². The summed E-state index contributed by atoms with van der Waals surface area (Å²) in [4.78, 5) is 14.4. The Hall–Kier alpha value is -0.610. The fourth-order valence-electron chi connectivity index (χ4n) is 3.17. The standard InChI is InChI=1S/C14H26N2O2/c1-4-14(2,3)15-13(18)9-16-10-5-6-11(16)8-12(17)7-10/h10-12,17H,4-9H2,1-3H3,(H,15,18). The zero-order valence-electron chi connectivity index (χ0n) is 11.8. The van der Waals surface area contributed by atoms with E-state index in [-0.39, 0.29) is 17.6 Å². The van der Waals surface area contributed by atoms with Crippen LogP contribution in [0.2, 0.25) is 0 Å². The monoisotopic (exact) mass is 254 g/mol. The van der Waals surface area contributed by atoms with Crippen molar-refractivity contribution in [3.63, 3.8) is 0 Å². The van der Waals surface area contributed by atoms with E-state index in [4.69, 9.17) is 0 Å². The van der Waals surface area contributed by atoms with Crippen molar-refractivity contribution in [1.29, 1.82) is 0 Å². The number of rotatable bonds is 4. The topological polar surface area (TPSA) is 52.6 Å². The number of nitrogens with one attached hydrogen (secondary N) is 1. The van der Waals surface area contributed by atoms with E-state index in [0.717, 1.165) is 32.1 Å². The van der Waals surface area contributed by atoms with Crippen molar-refractivity contribution in [2.24, 2.45) is 0 Å². The zero-order valence-corrected chi connectivity index (χ0v) is 11.8. The number of carbonyl (C=O) groups excluding carboxylic acids is 1. The summed E-state index contributed by atoms with van der Waals surface area (Å²) in [5.74, 6) is 0.120. The average molecular weight is 254 g/mol. The van der Waals surface area contributed by atoms with Crippen LogP contribution in [-0.4, -0.2) is 46.2 Å². The average Bonchev–Trinajstić information content (AvgIpc) is 2.52. The second kappa shape index (κ2) is 5.17. The molecule has 0 aromatic carbocycles. The molecule has 2 atom stereocenters. The van der Waals surface area contributed by atoms with Gasteiger partial charge in [0.15, 0.2) is 0 Å². The third-order valence-electron chi connectivity index (χ3n) is 4.55. The molecular weight excluding hydrogens is 228 g/mol. The molecule has 2 fully saturated rings. The van der Waals surface area contributed by atoms with E-state index in [1.54, 1.807) is 0 Å².